The summed E-state index contributed by atoms with van der Waals surface area (Å²) in [6, 6.07) is 4.81. The van der Waals surface area contributed by atoms with Gasteiger partial charge < -0.3 is 18.4 Å². The zero-order chi connectivity index (χ0) is 27.5. The summed E-state index contributed by atoms with van der Waals surface area (Å²) in [7, 11) is -4.46. The number of carbonyl (C=O) groups is 1. The maximum Gasteiger partial charge on any atom is 0.339 e. The smallest absolute Gasteiger partial charge is 0.339 e. The van der Waals surface area contributed by atoms with Crippen molar-refractivity contribution in [2.75, 3.05) is 0 Å². The van der Waals surface area contributed by atoms with Crippen molar-refractivity contribution in [3.05, 3.63) is 27.7 Å². The largest absolute Gasteiger partial charge is 0.488 e. The lowest BCUT2D eigenvalue weighted by atomic mass is 9.72. The molecule has 0 unspecified atom stereocenters. The van der Waals surface area contributed by atoms with Crippen LogP contribution in [0.25, 0.3) is 0 Å². The lowest BCUT2D eigenvalue weighted by molar-refractivity contribution is 0.0623. The monoisotopic (exact) mass is 614 g/mol. The van der Waals surface area contributed by atoms with Gasteiger partial charge >= 0.3 is 5.97 Å². The van der Waals surface area contributed by atoms with Gasteiger partial charge in [0, 0.05) is 27.8 Å². The lowest BCUT2D eigenvalue weighted by Crippen LogP contribution is -2.48. The van der Waals surface area contributed by atoms with Gasteiger partial charge in [0.1, 0.15) is 27.2 Å². The summed E-state index contributed by atoms with van der Waals surface area (Å²) in [4.78, 5) is 12.0. The molecule has 0 radical (unpaired) electrons. The van der Waals surface area contributed by atoms with Crippen LogP contribution in [0.15, 0.2) is 16.6 Å². The summed E-state index contributed by atoms with van der Waals surface area (Å²) in [6.45, 7) is 25.4. The Kier molecular flexibility index (Phi) is 8.30. The van der Waals surface area contributed by atoms with Gasteiger partial charge in [0.05, 0.1) is 6.10 Å². The normalized spacial score (nSPS) is 26.8. The van der Waals surface area contributed by atoms with Crippen molar-refractivity contribution >= 4 is 48.3 Å². The Morgan fingerprint density at radius 2 is 1.72 bits per heavy atom. The van der Waals surface area contributed by atoms with Crippen LogP contribution >= 0.6 is 15.9 Å². The Balaban J connectivity index is 1.94. The van der Waals surface area contributed by atoms with Crippen LogP contribution in [0.4, 0.5) is 0 Å². The van der Waals surface area contributed by atoms with Crippen molar-refractivity contribution in [2.24, 2.45) is 5.41 Å². The average molecular weight is 616 g/mol. The fourth-order valence-electron chi connectivity index (χ4n) is 5.23. The van der Waals surface area contributed by atoms with E-state index in [1.807, 2.05) is 0 Å². The molecule has 1 fully saturated rings. The van der Waals surface area contributed by atoms with Crippen molar-refractivity contribution in [1.82, 2.24) is 0 Å². The standard InChI is InChI=1S/C27H47BrO5Si3/c1-25(2,3)35(8,9)32-21-16-20-22(18-14-17(28)15-19(24(29)30)23(18)31-20)27(21,7)12-13-34-33-36(10,11)26(4,5)6/h14-15,20-22H,12-13,16,34H2,1-11H3,(H,29,30)/t20-,21+,22-,27+/m0/s1. The SMILES string of the molecule is CC(C)(C)[Si](C)(C)O[SiH2]CC[C@]1(C)[C@H](O[Si](C)(C)C(C)(C)C)C[C@@H]2Oc3c(C(=O)O)cc(Br)cc3[C@@H]21. The van der Waals surface area contributed by atoms with E-state index in [-0.39, 0.29) is 39.2 Å². The van der Waals surface area contributed by atoms with E-state index in [9.17, 15) is 9.90 Å². The molecular weight excluding hydrogens is 568 g/mol. The molecule has 0 saturated heterocycles. The zero-order valence-corrected chi connectivity index (χ0v) is 29.2. The van der Waals surface area contributed by atoms with Crippen LogP contribution in [0, 0.1) is 5.41 Å². The zero-order valence-electron chi connectivity index (χ0n) is 24.2. The highest BCUT2D eigenvalue weighted by Crippen LogP contribution is 2.61. The summed E-state index contributed by atoms with van der Waals surface area (Å²) >= 11 is 3.56. The topological polar surface area (TPSA) is 65.0 Å². The highest BCUT2D eigenvalue weighted by Gasteiger charge is 2.59. The van der Waals surface area contributed by atoms with Crippen molar-refractivity contribution in [3.8, 4) is 5.75 Å². The van der Waals surface area contributed by atoms with E-state index >= 15 is 0 Å². The van der Waals surface area contributed by atoms with Gasteiger partial charge in [-0.2, -0.15) is 0 Å². The van der Waals surface area contributed by atoms with Gasteiger partial charge in [-0.15, -0.1) is 0 Å². The third-order valence-electron chi connectivity index (χ3n) is 9.55. The van der Waals surface area contributed by atoms with Crippen LogP contribution in [0.5, 0.6) is 5.75 Å². The van der Waals surface area contributed by atoms with Crippen LogP contribution in [-0.4, -0.2) is 49.7 Å². The Bertz CT molecular complexity index is 998. The number of hydrogen-bond donors (Lipinski definition) is 1. The molecule has 204 valence electrons. The molecular formula is C27H47BrO5Si3. The summed E-state index contributed by atoms with van der Waals surface area (Å²) in [5, 5.41) is 10.2. The van der Waals surface area contributed by atoms with Crippen molar-refractivity contribution in [1.29, 1.82) is 0 Å². The van der Waals surface area contributed by atoms with Gasteiger partial charge in [-0.05, 0) is 60.9 Å². The molecule has 4 atom stereocenters. The maximum atomic E-state index is 12.0. The summed E-state index contributed by atoms with van der Waals surface area (Å²) in [5.41, 5.74) is 1.11. The number of fused-ring (bicyclic) bond motifs is 3. The van der Waals surface area contributed by atoms with E-state index in [1.165, 1.54) is 0 Å². The Morgan fingerprint density at radius 3 is 2.25 bits per heavy atom. The molecule has 9 heteroatoms. The Labute approximate surface area is 231 Å². The number of ether oxygens (including phenoxy) is 1. The highest BCUT2D eigenvalue weighted by atomic mass is 79.9. The van der Waals surface area contributed by atoms with Crippen LogP contribution in [0.1, 0.15) is 83.1 Å². The molecule has 2 aliphatic rings. The van der Waals surface area contributed by atoms with E-state index in [2.05, 4.69) is 96.7 Å². The Hall–Kier alpha value is -0.459. The molecule has 0 amide bonds. The number of benzene rings is 1. The number of carboxylic acids is 1. The third-order valence-corrected chi connectivity index (χ3v) is 22.5. The van der Waals surface area contributed by atoms with Crippen molar-refractivity contribution < 1.29 is 23.2 Å². The van der Waals surface area contributed by atoms with Crippen LogP contribution < -0.4 is 4.74 Å². The van der Waals surface area contributed by atoms with E-state index in [4.69, 9.17) is 13.3 Å². The molecule has 1 aliphatic heterocycles. The van der Waals surface area contributed by atoms with Crippen LogP contribution in [0.3, 0.4) is 0 Å². The summed E-state index contributed by atoms with van der Waals surface area (Å²) in [5.74, 6) is -0.286. The molecule has 1 aromatic carbocycles. The molecule has 1 aromatic rings. The minimum atomic E-state index is -2.01. The minimum absolute atomic E-state index is 0.0601. The minimum Gasteiger partial charge on any atom is -0.488 e. The molecule has 1 saturated carbocycles. The van der Waals surface area contributed by atoms with E-state index in [1.54, 1.807) is 6.07 Å². The molecule has 3 rings (SSSR count). The molecule has 5 nitrogen and oxygen atoms in total. The van der Waals surface area contributed by atoms with Gasteiger partial charge in [0.2, 0.25) is 0 Å². The van der Waals surface area contributed by atoms with Crippen LogP contribution in [0.2, 0.25) is 42.3 Å². The molecule has 1 aliphatic carbocycles. The molecule has 1 heterocycles. The Morgan fingerprint density at radius 1 is 1.14 bits per heavy atom. The van der Waals surface area contributed by atoms with Gasteiger partial charge in [-0.25, -0.2) is 4.79 Å². The predicted octanol–water partition coefficient (Wildman–Crippen LogP) is 7.71. The highest BCUT2D eigenvalue weighted by molar-refractivity contribution is 9.10. The second-order valence-electron chi connectivity index (χ2n) is 14.1. The van der Waals surface area contributed by atoms with Gasteiger partial charge in [-0.3, -0.25) is 0 Å². The summed E-state index contributed by atoms with van der Waals surface area (Å²) in [6.07, 6.45) is 1.82. The number of rotatable bonds is 8. The maximum absolute atomic E-state index is 12.0. The first-order valence-electron chi connectivity index (χ1n) is 13.3. The van der Waals surface area contributed by atoms with Gasteiger partial charge in [-0.1, -0.05) is 64.4 Å². The summed E-state index contributed by atoms with van der Waals surface area (Å²) < 4.78 is 21.0. The van der Waals surface area contributed by atoms with Crippen molar-refractivity contribution in [2.45, 2.75) is 122 Å². The third kappa shape index (κ3) is 5.61. The number of hydrogen-bond acceptors (Lipinski definition) is 4. The van der Waals surface area contributed by atoms with Gasteiger partial charge in [0.25, 0.3) is 0 Å². The van der Waals surface area contributed by atoms with E-state index in [0.717, 1.165) is 28.9 Å². The van der Waals surface area contributed by atoms with Gasteiger partial charge in [0.15, 0.2) is 16.6 Å². The first kappa shape index (κ1) is 30.1. The second kappa shape index (κ2) is 9.93. The van der Waals surface area contributed by atoms with E-state index in [0.29, 0.717) is 5.75 Å². The molecule has 1 N–H and O–H groups in total. The molecule has 36 heavy (non-hydrogen) atoms. The fourth-order valence-corrected chi connectivity index (χ4v) is 12.4. The van der Waals surface area contributed by atoms with E-state index < -0.39 is 32.4 Å². The lowest BCUT2D eigenvalue weighted by Gasteiger charge is -2.44. The number of halogens is 1. The van der Waals surface area contributed by atoms with Crippen molar-refractivity contribution in [3.63, 3.8) is 0 Å². The molecule has 0 spiro atoms. The predicted molar refractivity (Wildman–Crippen MR) is 159 cm³/mol. The second-order valence-corrected chi connectivity index (χ2v) is 26.6. The van der Waals surface area contributed by atoms with Crippen LogP contribution in [-0.2, 0) is 8.54 Å². The molecule has 0 bridgehead atoms. The first-order valence-corrected chi connectivity index (χ1v) is 21.5. The first-order chi connectivity index (χ1) is 16.2. The number of carboxylic acid groups (broad SMARTS) is 1. The molecule has 0 aromatic heterocycles. The quantitative estimate of drug-likeness (QED) is 0.240. The average Bonchev–Trinajstić information content (AvgIpc) is 3.17. The fraction of sp³-hybridized carbons (Fsp3) is 0.741. The number of aromatic carboxylic acids is 1.